The Morgan fingerprint density at radius 2 is 2.20 bits per heavy atom. The summed E-state index contributed by atoms with van der Waals surface area (Å²) in [6, 6.07) is 6.38. The Morgan fingerprint density at radius 3 is 3.00 bits per heavy atom. The number of anilines is 1. The maximum Gasteiger partial charge on any atom is 0.155 e. The van der Waals surface area contributed by atoms with E-state index in [2.05, 4.69) is 20.7 Å². The van der Waals surface area contributed by atoms with Gasteiger partial charge in [-0.3, -0.25) is 0 Å². The first-order chi connectivity index (χ1) is 9.88. The first-order valence-electron chi connectivity index (χ1n) is 6.62. The van der Waals surface area contributed by atoms with E-state index in [0.717, 1.165) is 21.8 Å². The van der Waals surface area contributed by atoms with Crippen molar-refractivity contribution in [3.05, 3.63) is 41.4 Å². The largest absolute Gasteiger partial charge is 0.465 e. The first-order valence-corrected chi connectivity index (χ1v) is 7.50. The highest BCUT2D eigenvalue weighted by Crippen LogP contribution is 2.31. The standard InChI is InChI=1S/C15H13N3OS/c1-2-11(19-8-1)5-6-13-17-12-7-9-20-14(12)15(18-13)16-10-3-4-10/h1-2,5-10H,3-4H2,(H,16,17,18)/b6-5+. The molecule has 0 spiro atoms. The summed E-state index contributed by atoms with van der Waals surface area (Å²) in [5, 5.41) is 5.53. The molecule has 0 unspecified atom stereocenters. The molecule has 0 aromatic carbocycles. The number of nitrogens with one attached hydrogen (secondary N) is 1. The molecule has 0 bridgehead atoms. The van der Waals surface area contributed by atoms with Gasteiger partial charge in [-0.25, -0.2) is 9.97 Å². The van der Waals surface area contributed by atoms with E-state index in [1.807, 2.05) is 30.4 Å². The van der Waals surface area contributed by atoms with Crippen molar-refractivity contribution in [2.75, 3.05) is 5.32 Å². The third-order valence-electron chi connectivity index (χ3n) is 3.18. The van der Waals surface area contributed by atoms with Gasteiger partial charge >= 0.3 is 0 Å². The van der Waals surface area contributed by atoms with Crippen molar-refractivity contribution in [1.29, 1.82) is 0 Å². The second-order valence-electron chi connectivity index (χ2n) is 4.83. The van der Waals surface area contributed by atoms with Crippen LogP contribution in [-0.4, -0.2) is 16.0 Å². The van der Waals surface area contributed by atoms with Gasteiger partial charge in [0.1, 0.15) is 11.6 Å². The van der Waals surface area contributed by atoms with Crippen LogP contribution in [0, 0.1) is 0 Å². The average molecular weight is 283 g/mol. The van der Waals surface area contributed by atoms with Crippen LogP contribution in [-0.2, 0) is 0 Å². The Morgan fingerprint density at radius 1 is 1.25 bits per heavy atom. The monoisotopic (exact) mass is 283 g/mol. The predicted molar refractivity (Wildman–Crippen MR) is 81.7 cm³/mol. The van der Waals surface area contributed by atoms with Gasteiger partial charge in [0, 0.05) is 6.04 Å². The quantitative estimate of drug-likeness (QED) is 0.785. The Hall–Kier alpha value is -2.14. The molecule has 100 valence electrons. The number of aromatic nitrogens is 2. The number of hydrogen-bond acceptors (Lipinski definition) is 5. The number of furan rings is 1. The lowest BCUT2D eigenvalue weighted by Gasteiger charge is -2.05. The molecular weight excluding hydrogens is 270 g/mol. The Bertz CT molecular complexity index is 757. The molecule has 1 fully saturated rings. The lowest BCUT2D eigenvalue weighted by atomic mass is 10.3. The highest BCUT2D eigenvalue weighted by Gasteiger charge is 2.22. The lowest BCUT2D eigenvalue weighted by Crippen LogP contribution is -2.04. The molecule has 0 aliphatic heterocycles. The van der Waals surface area contributed by atoms with Crippen molar-refractivity contribution in [1.82, 2.24) is 9.97 Å². The number of hydrogen-bond donors (Lipinski definition) is 1. The van der Waals surface area contributed by atoms with Crippen LogP contribution in [0.1, 0.15) is 24.4 Å². The summed E-state index contributed by atoms with van der Waals surface area (Å²) in [4.78, 5) is 9.17. The van der Waals surface area contributed by atoms with Crippen LogP contribution in [0.2, 0.25) is 0 Å². The predicted octanol–water partition coefficient (Wildman–Crippen LogP) is 4.03. The highest BCUT2D eigenvalue weighted by atomic mass is 32.1. The van der Waals surface area contributed by atoms with Crippen molar-refractivity contribution in [3.63, 3.8) is 0 Å². The van der Waals surface area contributed by atoms with Gasteiger partial charge in [-0.05, 0) is 48.6 Å². The average Bonchev–Trinajstić information content (AvgIpc) is 2.95. The fourth-order valence-electron chi connectivity index (χ4n) is 2.02. The van der Waals surface area contributed by atoms with Crippen LogP contribution in [0.3, 0.4) is 0 Å². The van der Waals surface area contributed by atoms with Gasteiger partial charge in [-0.1, -0.05) is 0 Å². The Kier molecular flexibility index (Phi) is 2.77. The molecule has 4 rings (SSSR count). The normalized spacial score (nSPS) is 15.2. The third-order valence-corrected chi connectivity index (χ3v) is 4.09. The van der Waals surface area contributed by atoms with Gasteiger partial charge in [0.15, 0.2) is 5.82 Å². The van der Waals surface area contributed by atoms with Crippen molar-refractivity contribution >= 4 is 39.5 Å². The molecule has 0 atom stereocenters. The van der Waals surface area contributed by atoms with E-state index >= 15 is 0 Å². The molecular formula is C15H13N3OS. The van der Waals surface area contributed by atoms with Gasteiger partial charge in [0.05, 0.1) is 16.5 Å². The maximum absolute atomic E-state index is 5.28. The van der Waals surface area contributed by atoms with E-state index in [1.165, 1.54) is 12.8 Å². The van der Waals surface area contributed by atoms with Crippen LogP contribution in [0.4, 0.5) is 5.82 Å². The van der Waals surface area contributed by atoms with Crippen LogP contribution < -0.4 is 5.32 Å². The maximum atomic E-state index is 5.28. The van der Waals surface area contributed by atoms with Gasteiger partial charge in [0.2, 0.25) is 0 Å². The number of nitrogens with zero attached hydrogens (tertiary/aromatic N) is 2. The van der Waals surface area contributed by atoms with Crippen LogP contribution in [0.25, 0.3) is 22.4 Å². The Balaban J connectivity index is 1.71. The van der Waals surface area contributed by atoms with E-state index < -0.39 is 0 Å². The summed E-state index contributed by atoms with van der Waals surface area (Å²) in [5.74, 6) is 2.46. The molecule has 3 aromatic heterocycles. The second-order valence-corrected chi connectivity index (χ2v) is 5.75. The van der Waals surface area contributed by atoms with E-state index in [4.69, 9.17) is 4.42 Å². The zero-order valence-corrected chi connectivity index (χ0v) is 11.6. The van der Waals surface area contributed by atoms with Crippen molar-refractivity contribution in [3.8, 4) is 0 Å². The number of fused-ring (bicyclic) bond motifs is 1. The summed E-state index contributed by atoms with van der Waals surface area (Å²) in [6.45, 7) is 0. The lowest BCUT2D eigenvalue weighted by molar-refractivity contribution is 0.557. The topological polar surface area (TPSA) is 51.0 Å². The van der Waals surface area contributed by atoms with E-state index in [-0.39, 0.29) is 0 Å². The zero-order valence-electron chi connectivity index (χ0n) is 10.7. The minimum atomic E-state index is 0.581. The minimum absolute atomic E-state index is 0.581. The summed E-state index contributed by atoms with van der Waals surface area (Å²) < 4.78 is 6.41. The molecule has 5 heteroatoms. The molecule has 3 aromatic rings. The molecule has 20 heavy (non-hydrogen) atoms. The van der Waals surface area contributed by atoms with Gasteiger partial charge in [-0.15, -0.1) is 11.3 Å². The fourth-order valence-corrected chi connectivity index (χ4v) is 2.80. The molecule has 3 heterocycles. The highest BCUT2D eigenvalue weighted by molar-refractivity contribution is 7.17. The van der Waals surface area contributed by atoms with Crippen molar-refractivity contribution < 1.29 is 4.42 Å². The Labute approximate surface area is 120 Å². The number of rotatable bonds is 4. The minimum Gasteiger partial charge on any atom is -0.465 e. The van der Waals surface area contributed by atoms with E-state index in [0.29, 0.717) is 11.9 Å². The summed E-state index contributed by atoms with van der Waals surface area (Å²) in [7, 11) is 0. The van der Waals surface area contributed by atoms with Gasteiger partial charge < -0.3 is 9.73 Å². The molecule has 1 aliphatic carbocycles. The van der Waals surface area contributed by atoms with Crippen molar-refractivity contribution in [2.24, 2.45) is 0 Å². The summed E-state index contributed by atoms with van der Waals surface area (Å²) >= 11 is 1.68. The van der Waals surface area contributed by atoms with E-state index in [9.17, 15) is 0 Å². The van der Waals surface area contributed by atoms with Crippen LogP contribution in [0.5, 0.6) is 0 Å². The molecule has 1 aliphatic rings. The smallest absolute Gasteiger partial charge is 0.155 e. The zero-order chi connectivity index (χ0) is 13.4. The van der Waals surface area contributed by atoms with Crippen LogP contribution in [0.15, 0.2) is 34.3 Å². The molecule has 1 N–H and O–H groups in total. The molecule has 4 nitrogen and oxygen atoms in total. The summed E-state index contributed by atoms with van der Waals surface area (Å²) in [6.07, 6.45) is 7.88. The number of thiophene rings is 1. The van der Waals surface area contributed by atoms with Gasteiger partial charge in [0.25, 0.3) is 0 Å². The van der Waals surface area contributed by atoms with Crippen LogP contribution >= 0.6 is 11.3 Å². The third kappa shape index (κ3) is 2.32. The second kappa shape index (κ2) is 4.76. The SMILES string of the molecule is C(=C\c1ccco1)/c1nc(NC2CC2)c2sccc2n1. The molecule has 0 amide bonds. The van der Waals surface area contributed by atoms with Crippen molar-refractivity contribution in [2.45, 2.75) is 18.9 Å². The first kappa shape index (κ1) is 11.7. The molecule has 0 radical (unpaired) electrons. The summed E-state index contributed by atoms with van der Waals surface area (Å²) in [5.41, 5.74) is 0.993. The molecule has 1 saturated carbocycles. The molecule has 0 saturated heterocycles. The van der Waals surface area contributed by atoms with Gasteiger partial charge in [-0.2, -0.15) is 0 Å². The fraction of sp³-hybridized carbons (Fsp3) is 0.200. The van der Waals surface area contributed by atoms with E-state index in [1.54, 1.807) is 17.6 Å².